The number of nitrogens with zero attached hydrogens (tertiary/aromatic N) is 1. The maximum absolute atomic E-state index is 12.0. The number of rotatable bonds is 4. The average Bonchev–Trinajstić information content (AvgIpc) is 3.10. The molecule has 0 amide bonds. The number of carbonyl (C=O) groups excluding carboxylic acids is 1. The fourth-order valence-corrected chi connectivity index (χ4v) is 10.9. The van der Waals surface area contributed by atoms with Gasteiger partial charge in [0.15, 0.2) is 17.2 Å². The number of fused-ring (bicyclic) bond motifs is 5. The third kappa shape index (κ3) is 3.23. The molecule has 5 aliphatic rings. The van der Waals surface area contributed by atoms with Gasteiger partial charge in [-0.15, -0.1) is 28.4 Å². The molecule has 1 saturated heterocycles. The number of ketones is 1. The monoisotopic (exact) mass is 447 g/mol. The van der Waals surface area contributed by atoms with Gasteiger partial charge >= 0.3 is 0 Å². The molecular formula is C24H33NO3S2. The van der Waals surface area contributed by atoms with E-state index in [4.69, 9.17) is 4.84 Å². The highest BCUT2D eigenvalue weighted by Gasteiger charge is 2.60. The van der Waals surface area contributed by atoms with Crippen molar-refractivity contribution in [2.24, 2.45) is 39.8 Å². The Bertz CT molecular complexity index is 776. The molecule has 30 heavy (non-hydrogen) atoms. The van der Waals surface area contributed by atoms with Gasteiger partial charge in [0.25, 0.3) is 0 Å². The summed E-state index contributed by atoms with van der Waals surface area (Å²) < 4.78 is 0.334. The summed E-state index contributed by atoms with van der Waals surface area (Å²) in [5, 5.41) is 2.95. The Balaban J connectivity index is 1.41. The number of hydrogen-bond acceptors (Lipinski definition) is 6. The van der Waals surface area contributed by atoms with Crippen LogP contribution in [0.4, 0.5) is 0 Å². The highest BCUT2D eigenvalue weighted by atomic mass is 32.2. The van der Waals surface area contributed by atoms with E-state index < -0.39 is 0 Å². The Morgan fingerprint density at radius 2 is 1.93 bits per heavy atom. The van der Waals surface area contributed by atoms with Crippen LogP contribution in [0.3, 0.4) is 0 Å². The van der Waals surface area contributed by atoms with Crippen molar-refractivity contribution in [1.29, 1.82) is 0 Å². The zero-order chi connectivity index (χ0) is 20.9. The van der Waals surface area contributed by atoms with Crippen LogP contribution in [0.5, 0.6) is 0 Å². The van der Waals surface area contributed by atoms with E-state index in [0.717, 1.165) is 24.3 Å². The van der Waals surface area contributed by atoms with E-state index in [9.17, 15) is 9.70 Å². The molecule has 164 valence electrons. The minimum Gasteiger partial charge on any atom is -0.358 e. The van der Waals surface area contributed by atoms with Gasteiger partial charge in [-0.25, -0.2) is 0 Å². The molecule has 7 atom stereocenters. The Labute approximate surface area is 188 Å². The molecule has 0 aromatic heterocycles. The van der Waals surface area contributed by atoms with E-state index in [0.29, 0.717) is 28.3 Å². The Morgan fingerprint density at radius 3 is 2.70 bits per heavy atom. The lowest BCUT2D eigenvalue weighted by atomic mass is 9.47. The summed E-state index contributed by atoms with van der Waals surface area (Å²) in [6.45, 7) is 4.85. The Hall–Kier alpha value is -0.750. The molecule has 7 unspecified atom stereocenters. The van der Waals surface area contributed by atoms with Crippen LogP contribution in [0, 0.1) is 39.4 Å². The first-order valence-corrected chi connectivity index (χ1v) is 13.7. The Morgan fingerprint density at radius 1 is 1.13 bits per heavy atom. The fourth-order valence-electron chi connectivity index (χ4n) is 7.84. The lowest BCUT2D eigenvalue weighted by Crippen LogP contribution is -2.51. The number of hydrogen-bond donors (Lipinski definition) is 0. The predicted molar refractivity (Wildman–Crippen MR) is 124 cm³/mol. The first-order valence-electron chi connectivity index (χ1n) is 11.6. The van der Waals surface area contributed by atoms with Gasteiger partial charge in [-0.1, -0.05) is 25.5 Å². The van der Waals surface area contributed by atoms with Gasteiger partial charge in [0.1, 0.15) is 0 Å². The van der Waals surface area contributed by atoms with Crippen molar-refractivity contribution < 1.29 is 9.63 Å². The second-order valence-corrected chi connectivity index (χ2v) is 13.2. The second kappa shape index (κ2) is 7.99. The highest BCUT2D eigenvalue weighted by molar-refractivity contribution is 8.17. The van der Waals surface area contributed by atoms with Crippen LogP contribution in [-0.4, -0.2) is 28.0 Å². The zero-order valence-corrected chi connectivity index (χ0v) is 19.7. The molecule has 0 aromatic rings. The van der Waals surface area contributed by atoms with E-state index >= 15 is 0 Å². The molecule has 5 rings (SSSR count). The van der Waals surface area contributed by atoms with Crippen LogP contribution in [0.25, 0.3) is 0 Å². The molecule has 0 N–H and O–H groups in total. The third-order valence-corrected chi connectivity index (χ3v) is 12.4. The summed E-state index contributed by atoms with van der Waals surface area (Å²) in [5.74, 6) is 4.90. The fraction of sp³-hybridized carbons (Fsp3) is 0.792. The molecule has 0 radical (unpaired) electrons. The van der Waals surface area contributed by atoms with Crippen LogP contribution in [0.15, 0.2) is 29.1 Å². The number of allylic oxidation sites excluding steroid dienone is 4. The van der Waals surface area contributed by atoms with Crippen molar-refractivity contribution in [3.63, 3.8) is 0 Å². The Kier molecular flexibility index (Phi) is 5.62. The standard InChI is InChI=1S/C24H33NO3S2/c1-23-10-8-16(26)14-15(23)4-5-17-18-6-7-20(24(18,2)11-9-19(17)23)21(28-25-27)22-29-12-3-13-30-22/h8,10,14,17-22H,3-7,9,11-13H2,1-2H3. The zero-order valence-electron chi connectivity index (χ0n) is 18.0. The molecule has 0 aromatic carbocycles. The van der Waals surface area contributed by atoms with Crippen LogP contribution >= 0.6 is 23.5 Å². The molecule has 0 spiro atoms. The van der Waals surface area contributed by atoms with E-state index in [1.54, 1.807) is 6.08 Å². The van der Waals surface area contributed by atoms with Crippen LogP contribution < -0.4 is 0 Å². The number of carbonyl (C=O) groups is 1. The minimum absolute atomic E-state index is 0.0472. The minimum atomic E-state index is -0.0637. The van der Waals surface area contributed by atoms with Gasteiger partial charge in [-0.2, -0.15) is 0 Å². The van der Waals surface area contributed by atoms with Gasteiger partial charge in [0.05, 0.1) is 4.58 Å². The first-order chi connectivity index (χ1) is 14.5. The van der Waals surface area contributed by atoms with Crippen molar-refractivity contribution >= 4 is 29.3 Å². The summed E-state index contributed by atoms with van der Waals surface area (Å²) in [6.07, 6.45) is 14.1. The summed E-state index contributed by atoms with van der Waals surface area (Å²) in [6, 6.07) is 0. The van der Waals surface area contributed by atoms with Crippen molar-refractivity contribution in [3.8, 4) is 0 Å². The van der Waals surface area contributed by atoms with Crippen molar-refractivity contribution in [2.45, 2.75) is 69.5 Å². The molecule has 4 aliphatic carbocycles. The van der Waals surface area contributed by atoms with Crippen LogP contribution in [0.2, 0.25) is 0 Å². The van der Waals surface area contributed by atoms with Gasteiger partial charge < -0.3 is 4.84 Å². The van der Waals surface area contributed by atoms with E-state index in [1.165, 1.54) is 37.7 Å². The number of thioether (sulfide) groups is 2. The van der Waals surface area contributed by atoms with Crippen molar-refractivity contribution in [3.05, 3.63) is 28.7 Å². The smallest absolute Gasteiger partial charge is 0.178 e. The second-order valence-electron chi connectivity index (χ2n) is 10.4. The average molecular weight is 448 g/mol. The normalized spacial score (nSPS) is 44.5. The highest BCUT2D eigenvalue weighted by Crippen LogP contribution is 2.67. The summed E-state index contributed by atoms with van der Waals surface area (Å²) >= 11 is 3.93. The van der Waals surface area contributed by atoms with E-state index in [1.807, 2.05) is 29.6 Å². The molecule has 6 heteroatoms. The predicted octanol–water partition coefficient (Wildman–Crippen LogP) is 6.17. The van der Waals surface area contributed by atoms with E-state index in [-0.39, 0.29) is 22.7 Å². The topological polar surface area (TPSA) is 55.7 Å². The van der Waals surface area contributed by atoms with Gasteiger partial charge in [0, 0.05) is 11.3 Å². The van der Waals surface area contributed by atoms with E-state index in [2.05, 4.69) is 25.3 Å². The maximum Gasteiger partial charge on any atom is 0.178 e. The lowest BCUT2D eigenvalue weighted by molar-refractivity contribution is -0.111. The third-order valence-electron chi connectivity index (χ3n) is 9.31. The van der Waals surface area contributed by atoms with Crippen molar-refractivity contribution in [1.82, 2.24) is 0 Å². The lowest BCUT2D eigenvalue weighted by Gasteiger charge is -2.57. The van der Waals surface area contributed by atoms with Crippen LogP contribution in [0.1, 0.15) is 58.8 Å². The summed E-state index contributed by atoms with van der Waals surface area (Å²) in [4.78, 5) is 28.8. The molecule has 4 nitrogen and oxygen atoms in total. The van der Waals surface area contributed by atoms with Crippen LogP contribution in [-0.2, 0) is 9.63 Å². The molecule has 4 fully saturated rings. The molecule has 1 heterocycles. The SMILES string of the molecule is CC12C=CC(=O)C=C1CCC1C2CCC2(C)C1CCC2C(ON=O)C1SCCCS1. The quantitative estimate of drug-likeness (QED) is 0.381. The van der Waals surface area contributed by atoms with Crippen molar-refractivity contribution in [2.75, 3.05) is 11.5 Å². The largest absolute Gasteiger partial charge is 0.358 e. The maximum atomic E-state index is 12.0. The molecule has 1 aliphatic heterocycles. The summed E-state index contributed by atoms with van der Waals surface area (Å²) in [5.41, 5.74) is 1.63. The van der Waals surface area contributed by atoms with Gasteiger partial charge in [-0.05, 0) is 91.8 Å². The molecular weight excluding hydrogens is 414 g/mol. The molecule has 0 bridgehead atoms. The first kappa shape index (κ1) is 21.1. The van der Waals surface area contributed by atoms with Gasteiger partial charge in [0.2, 0.25) is 0 Å². The summed E-state index contributed by atoms with van der Waals surface area (Å²) in [7, 11) is 0. The molecule has 3 saturated carbocycles. The van der Waals surface area contributed by atoms with Gasteiger partial charge in [-0.3, -0.25) is 4.79 Å².